The summed E-state index contributed by atoms with van der Waals surface area (Å²) in [7, 11) is 0. The Morgan fingerprint density at radius 1 is 1.53 bits per heavy atom. The molecule has 1 heterocycles. The quantitative estimate of drug-likeness (QED) is 0.884. The van der Waals surface area contributed by atoms with Crippen LogP contribution in [0, 0.1) is 5.41 Å². The van der Waals surface area contributed by atoms with Crippen molar-refractivity contribution in [1.82, 2.24) is 0 Å². The minimum Gasteiger partial charge on any atom is -0.481 e. The summed E-state index contributed by atoms with van der Waals surface area (Å²) in [5.41, 5.74) is 0.737. The minimum atomic E-state index is -0.672. The molecule has 17 heavy (non-hydrogen) atoms. The molecule has 0 spiro atoms. The van der Waals surface area contributed by atoms with Crippen molar-refractivity contribution in [1.29, 1.82) is 0 Å². The SMILES string of the molecule is CCC(C)(CC1CSc2ccccc21)C(=O)O. The number of carboxylic acid groups (broad SMARTS) is 1. The van der Waals surface area contributed by atoms with Crippen LogP contribution in [0.1, 0.15) is 38.2 Å². The number of thioether (sulfide) groups is 1. The van der Waals surface area contributed by atoms with E-state index in [-0.39, 0.29) is 0 Å². The predicted molar refractivity (Wildman–Crippen MR) is 70.6 cm³/mol. The number of carboxylic acids is 1. The van der Waals surface area contributed by atoms with Crippen molar-refractivity contribution in [2.75, 3.05) is 5.75 Å². The van der Waals surface area contributed by atoms with E-state index in [0.717, 1.165) is 12.2 Å². The molecule has 1 aromatic rings. The Balaban J connectivity index is 2.19. The Morgan fingerprint density at radius 2 is 2.24 bits per heavy atom. The molecule has 0 bridgehead atoms. The van der Waals surface area contributed by atoms with Gasteiger partial charge in [0.2, 0.25) is 0 Å². The van der Waals surface area contributed by atoms with Crippen molar-refractivity contribution < 1.29 is 9.90 Å². The summed E-state index contributed by atoms with van der Waals surface area (Å²) in [5, 5.41) is 9.33. The van der Waals surface area contributed by atoms with Gasteiger partial charge in [-0.2, -0.15) is 0 Å². The highest BCUT2D eigenvalue weighted by atomic mass is 32.2. The molecule has 0 aromatic heterocycles. The lowest BCUT2D eigenvalue weighted by Gasteiger charge is -2.26. The molecule has 2 atom stereocenters. The van der Waals surface area contributed by atoms with Crippen LogP contribution >= 0.6 is 11.8 Å². The normalized spacial score (nSPS) is 21.9. The summed E-state index contributed by atoms with van der Waals surface area (Å²) >= 11 is 1.85. The first-order chi connectivity index (χ1) is 8.07. The van der Waals surface area contributed by atoms with Gasteiger partial charge < -0.3 is 5.11 Å². The van der Waals surface area contributed by atoms with Crippen LogP contribution in [0.2, 0.25) is 0 Å². The van der Waals surface area contributed by atoms with Gasteiger partial charge in [-0.3, -0.25) is 4.79 Å². The van der Waals surface area contributed by atoms with E-state index in [1.54, 1.807) is 0 Å². The molecule has 0 amide bonds. The van der Waals surface area contributed by atoms with E-state index in [1.807, 2.05) is 37.7 Å². The molecule has 1 aliphatic rings. The van der Waals surface area contributed by atoms with Crippen molar-refractivity contribution in [3.05, 3.63) is 29.8 Å². The van der Waals surface area contributed by atoms with Crippen molar-refractivity contribution in [3.63, 3.8) is 0 Å². The van der Waals surface area contributed by atoms with Gasteiger partial charge in [-0.15, -0.1) is 11.8 Å². The third-order valence-corrected chi connectivity index (χ3v) is 5.04. The molecular formula is C14H18O2S. The van der Waals surface area contributed by atoms with E-state index in [9.17, 15) is 9.90 Å². The second-order valence-corrected chi connectivity index (χ2v) is 6.03. The van der Waals surface area contributed by atoms with E-state index in [4.69, 9.17) is 0 Å². The number of aliphatic carboxylic acids is 1. The van der Waals surface area contributed by atoms with Gasteiger partial charge in [-0.25, -0.2) is 0 Å². The Hall–Kier alpha value is -0.960. The van der Waals surface area contributed by atoms with Crippen molar-refractivity contribution in [2.45, 2.75) is 37.5 Å². The zero-order valence-corrected chi connectivity index (χ0v) is 11.1. The molecule has 0 radical (unpaired) electrons. The first-order valence-corrected chi connectivity index (χ1v) is 7.00. The zero-order chi connectivity index (χ0) is 12.5. The maximum absolute atomic E-state index is 11.3. The fourth-order valence-electron chi connectivity index (χ4n) is 2.32. The smallest absolute Gasteiger partial charge is 0.309 e. The van der Waals surface area contributed by atoms with Crippen LogP contribution in [0.3, 0.4) is 0 Å². The fourth-order valence-corrected chi connectivity index (χ4v) is 3.58. The second kappa shape index (κ2) is 4.73. The fraction of sp³-hybridized carbons (Fsp3) is 0.500. The first kappa shape index (κ1) is 12.5. The van der Waals surface area contributed by atoms with Crippen LogP contribution in [0.5, 0.6) is 0 Å². The number of benzene rings is 1. The van der Waals surface area contributed by atoms with Crippen molar-refractivity contribution >= 4 is 17.7 Å². The van der Waals surface area contributed by atoms with E-state index in [2.05, 4.69) is 12.1 Å². The van der Waals surface area contributed by atoms with E-state index in [1.165, 1.54) is 10.5 Å². The van der Waals surface area contributed by atoms with Gasteiger partial charge in [0.15, 0.2) is 0 Å². The molecule has 2 rings (SSSR count). The molecule has 0 fully saturated rings. The second-order valence-electron chi connectivity index (χ2n) is 4.97. The molecule has 0 saturated carbocycles. The largest absolute Gasteiger partial charge is 0.481 e. The molecule has 0 saturated heterocycles. The summed E-state index contributed by atoms with van der Waals surface area (Å²) in [4.78, 5) is 12.7. The summed E-state index contributed by atoms with van der Waals surface area (Å²) in [6, 6.07) is 8.36. The van der Waals surface area contributed by atoms with Crippen LogP contribution < -0.4 is 0 Å². The van der Waals surface area contributed by atoms with Gasteiger partial charge in [0.25, 0.3) is 0 Å². The average Bonchev–Trinajstić information content (AvgIpc) is 2.72. The lowest BCUT2D eigenvalue weighted by molar-refractivity contribution is -0.148. The molecular weight excluding hydrogens is 232 g/mol. The van der Waals surface area contributed by atoms with Crippen LogP contribution in [0.25, 0.3) is 0 Å². The van der Waals surface area contributed by atoms with Gasteiger partial charge in [0.05, 0.1) is 5.41 Å². The maximum atomic E-state index is 11.3. The molecule has 1 aromatic carbocycles. The van der Waals surface area contributed by atoms with Gasteiger partial charge in [-0.1, -0.05) is 25.1 Å². The summed E-state index contributed by atoms with van der Waals surface area (Å²) in [6.07, 6.45) is 1.43. The van der Waals surface area contributed by atoms with Crippen molar-refractivity contribution in [2.24, 2.45) is 5.41 Å². The molecule has 3 heteroatoms. The topological polar surface area (TPSA) is 37.3 Å². The summed E-state index contributed by atoms with van der Waals surface area (Å²) in [5.74, 6) is 0.731. The number of hydrogen-bond acceptors (Lipinski definition) is 2. The van der Waals surface area contributed by atoms with Crippen LogP contribution in [-0.2, 0) is 4.79 Å². The van der Waals surface area contributed by atoms with E-state index in [0.29, 0.717) is 12.3 Å². The highest BCUT2D eigenvalue weighted by Crippen LogP contribution is 2.45. The lowest BCUT2D eigenvalue weighted by Crippen LogP contribution is -2.29. The number of carbonyl (C=O) groups is 1. The summed E-state index contributed by atoms with van der Waals surface area (Å²) in [6.45, 7) is 3.82. The zero-order valence-electron chi connectivity index (χ0n) is 10.3. The van der Waals surface area contributed by atoms with Gasteiger partial charge >= 0.3 is 5.97 Å². The van der Waals surface area contributed by atoms with Crippen LogP contribution in [-0.4, -0.2) is 16.8 Å². The molecule has 2 nitrogen and oxygen atoms in total. The molecule has 2 unspecified atom stereocenters. The Labute approximate surface area is 106 Å². The van der Waals surface area contributed by atoms with Crippen LogP contribution in [0.4, 0.5) is 0 Å². The molecule has 0 aliphatic carbocycles. The maximum Gasteiger partial charge on any atom is 0.309 e. The summed E-state index contributed by atoms with van der Waals surface area (Å²) < 4.78 is 0. The third-order valence-electron chi connectivity index (χ3n) is 3.79. The van der Waals surface area contributed by atoms with Gasteiger partial charge in [0, 0.05) is 10.6 Å². The van der Waals surface area contributed by atoms with Gasteiger partial charge in [0.1, 0.15) is 0 Å². The van der Waals surface area contributed by atoms with E-state index < -0.39 is 11.4 Å². The molecule has 1 aliphatic heterocycles. The Bertz CT molecular complexity index is 430. The van der Waals surface area contributed by atoms with Gasteiger partial charge in [-0.05, 0) is 37.3 Å². The molecule has 1 N–H and O–H groups in total. The number of fused-ring (bicyclic) bond motifs is 1. The monoisotopic (exact) mass is 250 g/mol. The molecule has 92 valence electrons. The Morgan fingerprint density at radius 3 is 2.88 bits per heavy atom. The number of rotatable bonds is 4. The Kier molecular flexibility index (Phi) is 3.48. The van der Waals surface area contributed by atoms with E-state index >= 15 is 0 Å². The van der Waals surface area contributed by atoms with Crippen LogP contribution in [0.15, 0.2) is 29.2 Å². The van der Waals surface area contributed by atoms with Crippen molar-refractivity contribution in [3.8, 4) is 0 Å². The first-order valence-electron chi connectivity index (χ1n) is 6.02. The highest BCUT2D eigenvalue weighted by Gasteiger charge is 2.36. The lowest BCUT2D eigenvalue weighted by atomic mass is 9.77. The highest BCUT2D eigenvalue weighted by molar-refractivity contribution is 7.99. The minimum absolute atomic E-state index is 0.386. The standard InChI is InChI=1S/C14H18O2S/c1-3-14(2,13(15)16)8-10-9-17-12-7-5-4-6-11(10)12/h4-7,10H,3,8-9H2,1-2H3,(H,15,16). The third kappa shape index (κ3) is 2.34. The average molecular weight is 250 g/mol. The predicted octanol–water partition coefficient (Wildman–Crippen LogP) is 3.77. The number of hydrogen-bond donors (Lipinski definition) is 1.